The summed E-state index contributed by atoms with van der Waals surface area (Å²) in [5.41, 5.74) is 0. The average molecular weight is 198 g/mol. The lowest BCUT2D eigenvalue weighted by Gasteiger charge is -2.31. The number of ether oxygens (including phenoxy) is 1. The molecule has 0 radical (unpaired) electrons. The summed E-state index contributed by atoms with van der Waals surface area (Å²) >= 11 is 0. The summed E-state index contributed by atoms with van der Waals surface area (Å²) in [6, 6.07) is -0.458. The minimum atomic E-state index is -0.286. The number of hydrogen-bond donors (Lipinski definition) is 0. The van der Waals surface area contributed by atoms with Gasteiger partial charge in [0.15, 0.2) is 0 Å². The van der Waals surface area contributed by atoms with Crippen LogP contribution < -0.4 is 0 Å². The molecule has 14 heavy (non-hydrogen) atoms. The normalized spacial score (nSPS) is 32.4. The molecule has 0 saturated carbocycles. The summed E-state index contributed by atoms with van der Waals surface area (Å²) in [6.07, 6.45) is 1.56. The van der Waals surface area contributed by atoms with Crippen LogP contribution in [0.3, 0.4) is 0 Å². The summed E-state index contributed by atoms with van der Waals surface area (Å²) in [7, 11) is 3.18. The highest BCUT2D eigenvalue weighted by Gasteiger charge is 2.46. The van der Waals surface area contributed by atoms with Crippen LogP contribution in [-0.4, -0.2) is 54.6 Å². The molecule has 2 atom stereocenters. The molecule has 0 aromatic carbocycles. The summed E-state index contributed by atoms with van der Waals surface area (Å²) < 4.78 is 5.21. The van der Waals surface area contributed by atoms with E-state index in [1.807, 2.05) is 0 Å². The lowest BCUT2D eigenvalue weighted by Crippen LogP contribution is -2.44. The summed E-state index contributed by atoms with van der Waals surface area (Å²) in [5, 5.41) is 0. The molecule has 78 valence electrons. The Morgan fingerprint density at radius 3 is 2.79 bits per heavy atom. The fourth-order valence-corrected chi connectivity index (χ4v) is 2.12. The Hall–Kier alpha value is -1.10. The van der Waals surface area contributed by atoms with Gasteiger partial charge >= 0.3 is 6.03 Å². The van der Waals surface area contributed by atoms with Gasteiger partial charge in [-0.1, -0.05) is 0 Å². The van der Waals surface area contributed by atoms with E-state index in [0.717, 1.165) is 6.42 Å². The zero-order valence-electron chi connectivity index (χ0n) is 8.40. The van der Waals surface area contributed by atoms with Gasteiger partial charge in [-0.3, -0.25) is 9.69 Å². The standard InChI is InChI=1S/C9H14N2O3/c1-10-8(12)7-5-6(14-2)3-4-11(7)9(10)13/h6-7H,3-5H2,1-2H3/t6-,7-/m0/s1. The molecule has 2 saturated heterocycles. The van der Waals surface area contributed by atoms with E-state index < -0.39 is 0 Å². The van der Waals surface area contributed by atoms with Gasteiger partial charge < -0.3 is 9.64 Å². The highest BCUT2D eigenvalue weighted by molar-refractivity contribution is 6.04. The van der Waals surface area contributed by atoms with Crippen LogP contribution in [0.5, 0.6) is 0 Å². The largest absolute Gasteiger partial charge is 0.381 e. The van der Waals surface area contributed by atoms with E-state index >= 15 is 0 Å². The number of likely N-dealkylation sites (N-methyl/N-ethyl adjacent to an activating group) is 1. The Morgan fingerprint density at radius 1 is 1.43 bits per heavy atom. The average Bonchev–Trinajstić information content (AvgIpc) is 2.44. The molecule has 0 N–H and O–H groups in total. The number of piperidine rings is 1. The van der Waals surface area contributed by atoms with Crippen molar-refractivity contribution in [2.45, 2.75) is 25.0 Å². The number of imide groups is 1. The highest BCUT2D eigenvalue weighted by atomic mass is 16.5. The first kappa shape index (κ1) is 9.45. The molecule has 5 nitrogen and oxygen atoms in total. The van der Waals surface area contributed by atoms with Gasteiger partial charge in [-0.25, -0.2) is 4.79 Å². The smallest absolute Gasteiger partial charge is 0.327 e. The Kier molecular flexibility index (Phi) is 2.19. The third-order valence-corrected chi connectivity index (χ3v) is 3.04. The topological polar surface area (TPSA) is 49.9 Å². The van der Waals surface area contributed by atoms with Crippen LogP contribution in [0.15, 0.2) is 0 Å². The van der Waals surface area contributed by atoms with Gasteiger partial charge in [-0.2, -0.15) is 0 Å². The molecule has 0 spiro atoms. The van der Waals surface area contributed by atoms with E-state index in [4.69, 9.17) is 4.74 Å². The second-order valence-corrected chi connectivity index (χ2v) is 3.77. The molecule has 0 bridgehead atoms. The van der Waals surface area contributed by atoms with Crippen LogP contribution in [0.25, 0.3) is 0 Å². The van der Waals surface area contributed by atoms with Gasteiger partial charge in [-0.05, 0) is 6.42 Å². The van der Waals surface area contributed by atoms with Crippen molar-refractivity contribution in [2.75, 3.05) is 20.7 Å². The summed E-state index contributed by atoms with van der Waals surface area (Å²) in [5.74, 6) is -0.100. The van der Waals surface area contributed by atoms with Crippen LogP contribution in [0.1, 0.15) is 12.8 Å². The SMILES string of the molecule is CO[C@H]1CCN2C(=O)N(C)C(=O)[C@@H]2C1. The number of amides is 3. The fraction of sp³-hybridized carbons (Fsp3) is 0.778. The number of methoxy groups -OCH3 is 1. The van der Waals surface area contributed by atoms with Gasteiger partial charge in [0.05, 0.1) is 6.10 Å². The fourth-order valence-electron chi connectivity index (χ4n) is 2.12. The van der Waals surface area contributed by atoms with Gasteiger partial charge in [0.1, 0.15) is 6.04 Å². The van der Waals surface area contributed by atoms with Crippen molar-refractivity contribution in [1.29, 1.82) is 0 Å². The first-order valence-corrected chi connectivity index (χ1v) is 4.76. The number of hydrogen-bond acceptors (Lipinski definition) is 3. The van der Waals surface area contributed by atoms with E-state index in [-0.39, 0.29) is 24.1 Å². The Labute approximate surface area is 82.6 Å². The first-order valence-electron chi connectivity index (χ1n) is 4.76. The van der Waals surface area contributed by atoms with E-state index in [9.17, 15) is 9.59 Å². The van der Waals surface area contributed by atoms with Crippen molar-refractivity contribution >= 4 is 11.9 Å². The Morgan fingerprint density at radius 2 is 2.14 bits per heavy atom. The Bertz CT molecular complexity index is 279. The molecule has 3 amide bonds. The number of rotatable bonds is 1. The minimum absolute atomic E-state index is 0.100. The van der Waals surface area contributed by atoms with Gasteiger partial charge in [0.2, 0.25) is 0 Å². The summed E-state index contributed by atoms with van der Waals surface area (Å²) in [6.45, 7) is 0.623. The van der Waals surface area contributed by atoms with Gasteiger partial charge in [0, 0.05) is 27.1 Å². The molecule has 0 aliphatic carbocycles. The van der Waals surface area contributed by atoms with Crippen molar-refractivity contribution in [2.24, 2.45) is 0 Å². The summed E-state index contributed by atoms with van der Waals surface area (Å²) in [4.78, 5) is 26.0. The maximum atomic E-state index is 11.6. The number of fused-ring (bicyclic) bond motifs is 1. The maximum absolute atomic E-state index is 11.6. The second kappa shape index (κ2) is 3.24. The van der Waals surface area contributed by atoms with Crippen LogP contribution >= 0.6 is 0 Å². The van der Waals surface area contributed by atoms with E-state index in [1.165, 1.54) is 11.9 Å². The van der Waals surface area contributed by atoms with Crippen molar-refractivity contribution in [3.63, 3.8) is 0 Å². The number of carbonyl (C=O) groups is 2. The minimum Gasteiger partial charge on any atom is -0.381 e. The third kappa shape index (κ3) is 1.19. The van der Waals surface area contributed by atoms with E-state index in [1.54, 1.807) is 12.0 Å². The highest BCUT2D eigenvalue weighted by Crippen LogP contribution is 2.26. The quantitative estimate of drug-likeness (QED) is 0.560. The van der Waals surface area contributed by atoms with Crippen LogP contribution in [0.2, 0.25) is 0 Å². The number of nitrogens with zero attached hydrogens (tertiary/aromatic N) is 2. The van der Waals surface area contributed by atoms with E-state index in [0.29, 0.717) is 13.0 Å². The third-order valence-electron chi connectivity index (χ3n) is 3.04. The first-order chi connectivity index (χ1) is 6.65. The molecule has 2 fully saturated rings. The van der Waals surface area contributed by atoms with Crippen molar-refractivity contribution in [1.82, 2.24) is 9.80 Å². The molecular weight excluding hydrogens is 184 g/mol. The van der Waals surface area contributed by atoms with Crippen molar-refractivity contribution in [3.8, 4) is 0 Å². The maximum Gasteiger partial charge on any atom is 0.327 e. The Balaban J connectivity index is 2.16. The molecule has 2 heterocycles. The molecular formula is C9H14N2O3. The van der Waals surface area contributed by atoms with Gasteiger partial charge in [0.25, 0.3) is 5.91 Å². The number of urea groups is 1. The zero-order chi connectivity index (χ0) is 10.3. The second-order valence-electron chi connectivity index (χ2n) is 3.77. The molecule has 0 unspecified atom stereocenters. The van der Waals surface area contributed by atoms with Crippen molar-refractivity contribution < 1.29 is 14.3 Å². The molecule has 5 heteroatoms. The lowest BCUT2D eigenvalue weighted by atomic mass is 10.0. The predicted octanol–water partition coefficient (Wildman–Crippen LogP) is 0.0578. The van der Waals surface area contributed by atoms with Crippen LogP contribution in [-0.2, 0) is 9.53 Å². The predicted molar refractivity (Wildman–Crippen MR) is 48.7 cm³/mol. The van der Waals surface area contributed by atoms with Crippen LogP contribution in [0.4, 0.5) is 4.79 Å². The van der Waals surface area contributed by atoms with Gasteiger partial charge in [-0.15, -0.1) is 0 Å². The number of carbonyl (C=O) groups excluding carboxylic acids is 2. The van der Waals surface area contributed by atoms with Crippen LogP contribution in [0, 0.1) is 0 Å². The molecule has 2 rings (SSSR count). The monoisotopic (exact) mass is 198 g/mol. The molecule has 2 aliphatic heterocycles. The molecule has 0 aromatic heterocycles. The molecule has 2 aliphatic rings. The molecule has 0 aromatic rings. The van der Waals surface area contributed by atoms with Crippen molar-refractivity contribution in [3.05, 3.63) is 0 Å². The van der Waals surface area contributed by atoms with E-state index in [2.05, 4.69) is 0 Å². The zero-order valence-corrected chi connectivity index (χ0v) is 8.40. The lowest BCUT2D eigenvalue weighted by molar-refractivity contribution is -0.129.